The zero-order valence-corrected chi connectivity index (χ0v) is 25.2. The fraction of sp³-hybridized carbons (Fsp3) is 0.690. The van der Waals surface area contributed by atoms with Crippen molar-refractivity contribution in [3.05, 3.63) is 29.6 Å². The first-order valence-corrected chi connectivity index (χ1v) is 14.8. The molecular formula is C29H47N7O5. The van der Waals surface area contributed by atoms with Gasteiger partial charge in [-0.1, -0.05) is 19.9 Å². The molecule has 4 heterocycles. The monoisotopic (exact) mass is 573 g/mol. The summed E-state index contributed by atoms with van der Waals surface area (Å²) in [4.78, 5) is 65.4. The molecule has 228 valence electrons. The Balaban J connectivity index is 0.00000226. The predicted molar refractivity (Wildman–Crippen MR) is 155 cm³/mol. The third-order valence-electron chi connectivity index (χ3n) is 7.61. The van der Waals surface area contributed by atoms with E-state index >= 15 is 0 Å². The minimum absolute atomic E-state index is 0.0451. The van der Waals surface area contributed by atoms with Gasteiger partial charge >= 0.3 is 0 Å². The van der Waals surface area contributed by atoms with E-state index in [0.717, 1.165) is 11.4 Å². The second-order valence-electron chi connectivity index (χ2n) is 10.4. The summed E-state index contributed by atoms with van der Waals surface area (Å²) in [5, 5.41) is 0. The highest BCUT2D eigenvalue weighted by Gasteiger charge is 2.26. The van der Waals surface area contributed by atoms with Crippen LogP contribution in [0, 0.1) is 0 Å². The number of ether oxygens (including phenoxy) is 1. The Bertz CT molecular complexity index is 947. The maximum Gasteiger partial charge on any atom is 0.236 e. The first kappa shape index (κ1) is 32.4. The van der Waals surface area contributed by atoms with E-state index in [1.54, 1.807) is 23.6 Å². The summed E-state index contributed by atoms with van der Waals surface area (Å²) in [5.74, 6) is 0.193. The van der Waals surface area contributed by atoms with E-state index in [1.807, 2.05) is 41.8 Å². The van der Waals surface area contributed by atoms with Crippen molar-refractivity contribution in [2.75, 3.05) is 91.8 Å². The summed E-state index contributed by atoms with van der Waals surface area (Å²) in [6.07, 6.45) is 0. The molecule has 0 N–H and O–H groups in total. The van der Waals surface area contributed by atoms with E-state index in [1.165, 1.54) is 0 Å². The van der Waals surface area contributed by atoms with Crippen molar-refractivity contribution in [2.24, 2.45) is 0 Å². The van der Waals surface area contributed by atoms with Gasteiger partial charge in [-0.25, -0.2) is 0 Å². The van der Waals surface area contributed by atoms with Gasteiger partial charge in [0, 0.05) is 92.4 Å². The Morgan fingerprint density at radius 2 is 1.00 bits per heavy atom. The number of hydrogen-bond donors (Lipinski definition) is 0. The maximum atomic E-state index is 13.0. The Kier molecular flexibility index (Phi) is 13.0. The molecule has 41 heavy (non-hydrogen) atoms. The van der Waals surface area contributed by atoms with Gasteiger partial charge in [-0.15, -0.1) is 0 Å². The molecule has 2 bridgehead atoms. The second kappa shape index (κ2) is 16.4. The number of aromatic nitrogens is 1. The van der Waals surface area contributed by atoms with E-state index < -0.39 is 0 Å². The van der Waals surface area contributed by atoms with Crippen LogP contribution < -0.4 is 0 Å². The third-order valence-corrected chi connectivity index (χ3v) is 7.61. The molecule has 2 saturated heterocycles. The van der Waals surface area contributed by atoms with Crippen LogP contribution >= 0.6 is 0 Å². The summed E-state index contributed by atoms with van der Waals surface area (Å²) in [6.45, 7) is 15.3. The first-order valence-electron chi connectivity index (χ1n) is 14.8. The molecule has 1 aromatic heterocycles. The lowest BCUT2D eigenvalue weighted by molar-refractivity contribution is -0.139. The zero-order chi connectivity index (χ0) is 29.8. The number of piperazine rings is 2. The van der Waals surface area contributed by atoms with Gasteiger partial charge in [-0.3, -0.25) is 34.0 Å². The Hall–Kier alpha value is -3.09. The number of pyridine rings is 1. The van der Waals surface area contributed by atoms with Crippen LogP contribution in [0.5, 0.6) is 0 Å². The van der Waals surface area contributed by atoms with Crippen molar-refractivity contribution >= 4 is 23.6 Å². The average Bonchev–Trinajstić information content (AvgIpc) is 2.97. The summed E-state index contributed by atoms with van der Waals surface area (Å²) in [5.41, 5.74) is 1.74. The highest BCUT2D eigenvalue weighted by Crippen LogP contribution is 2.11. The molecule has 3 aliphatic rings. The van der Waals surface area contributed by atoms with Crippen molar-refractivity contribution < 1.29 is 23.9 Å². The quantitative estimate of drug-likeness (QED) is 0.500. The molecular weight excluding hydrogens is 526 g/mol. The Morgan fingerprint density at radius 3 is 1.37 bits per heavy atom. The molecule has 0 aromatic carbocycles. The molecule has 0 aliphatic carbocycles. The number of fused-ring (bicyclic) bond motifs is 2. The smallest absolute Gasteiger partial charge is 0.236 e. The van der Waals surface area contributed by atoms with Crippen LogP contribution in [0.3, 0.4) is 0 Å². The zero-order valence-electron chi connectivity index (χ0n) is 25.2. The lowest BCUT2D eigenvalue weighted by Crippen LogP contribution is -2.52. The van der Waals surface area contributed by atoms with Gasteiger partial charge in [0.05, 0.1) is 37.7 Å². The van der Waals surface area contributed by atoms with Crippen LogP contribution in [-0.2, 0) is 37.0 Å². The molecule has 4 amide bonds. The topological polar surface area (TPSA) is 110 Å². The molecule has 12 nitrogen and oxygen atoms in total. The van der Waals surface area contributed by atoms with Gasteiger partial charge in [0.2, 0.25) is 23.6 Å². The summed E-state index contributed by atoms with van der Waals surface area (Å²) >= 11 is 0. The molecule has 2 fully saturated rings. The number of amides is 4. The largest absolute Gasteiger partial charge is 0.379 e. The van der Waals surface area contributed by atoms with E-state index in [9.17, 15) is 19.2 Å². The highest BCUT2D eigenvalue weighted by molar-refractivity contribution is 5.80. The minimum Gasteiger partial charge on any atom is -0.379 e. The van der Waals surface area contributed by atoms with Gasteiger partial charge in [-0.2, -0.15) is 0 Å². The lowest BCUT2D eigenvalue weighted by Gasteiger charge is -2.35. The van der Waals surface area contributed by atoms with E-state index in [0.29, 0.717) is 91.8 Å². The first-order chi connectivity index (χ1) is 19.8. The third kappa shape index (κ3) is 10.0. The highest BCUT2D eigenvalue weighted by atomic mass is 16.5. The van der Waals surface area contributed by atoms with Crippen LogP contribution in [-0.4, -0.2) is 150 Å². The van der Waals surface area contributed by atoms with Crippen LogP contribution in [0.2, 0.25) is 0 Å². The standard InChI is InChI=1S/C27H41N7O5.C2H6/c1-22(35)31-6-10-33(11-7-31)26(37)20-29-14-16-39-17-15-30(19-25-5-3-4-24(18-29)28-25)21-27(38)34-12-8-32(9-13-34)23(2)36;1-2/h3-5H,6-21H2,1-2H3;1-2H3. The van der Waals surface area contributed by atoms with Crippen molar-refractivity contribution in [2.45, 2.75) is 40.8 Å². The second-order valence-corrected chi connectivity index (χ2v) is 10.4. The fourth-order valence-corrected chi connectivity index (χ4v) is 5.21. The predicted octanol–water partition coefficient (Wildman–Crippen LogP) is 0.123. The van der Waals surface area contributed by atoms with Gasteiger partial charge in [0.1, 0.15) is 0 Å². The molecule has 3 aliphatic heterocycles. The lowest BCUT2D eigenvalue weighted by atomic mass is 10.2. The van der Waals surface area contributed by atoms with E-state index in [2.05, 4.69) is 9.80 Å². The maximum absolute atomic E-state index is 13.0. The Morgan fingerprint density at radius 1 is 0.634 bits per heavy atom. The molecule has 12 heteroatoms. The van der Waals surface area contributed by atoms with Gasteiger partial charge < -0.3 is 24.3 Å². The van der Waals surface area contributed by atoms with Crippen molar-refractivity contribution in [3.8, 4) is 0 Å². The van der Waals surface area contributed by atoms with Crippen LogP contribution in [0.15, 0.2) is 18.2 Å². The minimum atomic E-state index is 0.0451. The number of nitrogens with zero attached hydrogens (tertiary/aromatic N) is 7. The number of carbonyl (C=O) groups excluding carboxylic acids is 4. The molecule has 0 saturated carbocycles. The van der Waals surface area contributed by atoms with Gasteiger partial charge in [0.15, 0.2) is 0 Å². The summed E-state index contributed by atoms with van der Waals surface area (Å²) in [6, 6.07) is 5.90. The molecule has 0 radical (unpaired) electrons. The normalized spacial score (nSPS) is 19.4. The van der Waals surface area contributed by atoms with Gasteiger partial charge in [-0.05, 0) is 12.1 Å². The van der Waals surface area contributed by atoms with E-state index in [4.69, 9.17) is 9.72 Å². The molecule has 0 atom stereocenters. The van der Waals surface area contributed by atoms with Crippen LogP contribution in [0.4, 0.5) is 0 Å². The number of hydrogen-bond acceptors (Lipinski definition) is 8. The van der Waals surface area contributed by atoms with Crippen molar-refractivity contribution in [3.63, 3.8) is 0 Å². The number of carbonyl (C=O) groups is 4. The SMILES string of the molecule is CC.CC(=O)N1CCN(C(=O)CN2CCOCCN(CC(=O)N3CCN(C(C)=O)CC3)Cc3cccc(n3)C2)CC1. The number of rotatable bonds is 4. The van der Waals surface area contributed by atoms with Crippen LogP contribution in [0.25, 0.3) is 0 Å². The van der Waals surface area contributed by atoms with Gasteiger partial charge in [0.25, 0.3) is 0 Å². The van der Waals surface area contributed by atoms with Crippen molar-refractivity contribution in [1.82, 2.24) is 34.4 Å². The van der Waals surface area contributed by atoms with E-state index in [-0.39, 0.29) is 36.7 Å². The molecule has 4 rings (SSSR count). The Labute approximate surface area is 244 Å². The molecule has 0 unspecified atom stereocenters. The average molecular weight is 574 g/mol. The van der Waals surface area contributed by atoms with Crippen LogP contribution in [0.1, 0.15) is 39.1 Å². The molecule has 0 spiro atoms. The fourth-order valence-electron chi connectivity index (χ4n) is 5.21. The summed E-state index contributed by atoms with van der Waals surface area (Å²) in [7, 11) is 0. The van der Waals surface area contributed by atoms with Crippen molar-refractivity contribution in [1.29, 1.82) is 0 Å². The summed E-state index contributed by atoms with van der Waals surface area (Å²) < 4.78 is 5.93. The molecule has 1 aromatic rings.